The van der Waals surface area contributed by atoms with E-state index in [1.165, 1.54) is 24.5 Å². The minimum atomic E-state index is -0.465. The Bertz CT molecular complexity index is 1010. The van der Waals surface area contributed by atoms with Gasteiger partial charge in [0.1, 0.15) is 11.6 Å². The second-order valence-corrected chi connectivity index (χ2v) is 7.16. The number of piperazine rings is 1. The van der Waals surface area contributed by atoms with Crippen LogP contribution in [0.2, 0.25) is 0 Å². The summed E-state index contributed by atoms with van der Waals surface area (Å²) in [5.74, 6) is 0.771. The van der Waals surface area contributed by atoms with Gasteiger partial charge in [-0.15, -0.1) is 0 Å². The molecule has 0 spiro atoms. The van der Waals surface area contributed by atoms with E-state index in [-0.39, 0.29) is 6.09 Å². The van der Waals surface area contributed by atoms with Gasteiger partial charge in [0.15, 0.2) is 5.58 Å². The Morgan fingerprint density at radius 2 is 1.89 bits per heavy atom. The van der Waals surface area contributed by atoms with Gasteiger partial charge in [-0.3, -0.25) is 0 Å². The Morgan fingerprint density at radius 1 is 1.14 bits per heavy atom. The number of hydrogen-bond acceptors (Lipinski definition) is 6. The molecule has 144 valence electrons. The third kappa shape index (κ3) is 3.37. The summed E-state index contributed by atoms with van der Waals surface area (Å²) < 4.78 is 24.3. The first kappa shape index (κ1) is 17.0. The lowest BCUT2D eigenvalue weighted by atomic mass is 10.1. The topological polar surface area (TPSA) is 71.7 Å². The van der Waals surface area contributed by atoms with Crippen LogP contribution in [0.1, 0.15) is 24.3 Å². The fraction of sp³-hybridized carbons (Fsp3) is 0.350. The first-order chi connectivity index (χ1) is 13.7. The molecule has 1 aromatic carbocycles. The van der Waals surface area contributed by atoms with E-state index in [0.29, 0.717) is 55.1 Å². The van der Waals surface area contributed by atoms with E-state index in [1.54, 1.807) is 4.90 Å². The lowest BCUT2D eigenvalue weighted by Gasteiger charge is -2.32. The molecule has 0 radical (unpaired) electrons. The minimum Gasteiger partial charge on any atom is -0.422 e. The summed E-state index contributed by atoms with van der Waals surface area (Å²) in [6.07, 6.45) is 3.24. The van der Waals surface area contributed by atoms with E-state index in [9.17, 15) is 9.18 Å². The van der Waals surface area contributed by atoms with Crippen molar-refractivity contribution in [1.82, 2.24) is 14.9 Å². The molecule has 2 fully saturated rings. The van der Waals surface area contributed by atoms with Gasteiger partial charge in [0, 0.05) is 32.2 Å². The number of hydrogen-bond donors (Lipinski definition) is 0. The number of pyridine rings is 1. The number of amides is 1. The van der Waals surface area contributed by atoms with Crippen molar-refractivity contribution in [2.24, 2.45) is 0 Å². The molecule has 0 bridgehead atoms. The molecule has 1 saturated heterocycles. The van der Waals surface area contributed by atoms with Crippen LogP contribution in [0, 0.1) is 5.82 Å². The van der Waals surface area contributed by atoms with Crippen molar-refractivity contribution in [3.63, 3.8) is 0 Å². The van der Waals surface area contributed by atoms with Gasteiger partial charge in [0.05, 0.1) is 6.20 Å². The van der Waals surface area contributed by atoms with Crippen LogP contribution in [-0.4, -0.2) is 47.1 Å². The zero-order valence-electron chi connectivity index (χ0n) is 15.2. The van der Waals surface area contributed by atoms with Gasteiger partial charge in [-0.05, 0) is 36.5 Å². The maximum absolute atomic E-state index is 13.2. The predicted molar refractivity (Wildman–Crippen MR) is 100.0 cm³/mol. The van der Waals surface area contributed by atoms with Crippen molar-refractivity contribution in [2.45, 2.75) is 18.8 Å². The van der Waals surface area contributed by atoms with Crippen molar-refractivity contribution >= 4 is 23.3 Å². The number of nitrogens with zero attached hydrogens (tertiary/aromatic N) is 4. The molecule has 7 nitrogen and oxygen atoms in total. The number of oxazole rings is 1. The largest absolute Gasteiger partial charge is 0.422 e. The third-order valence-electron chi connectivity index (χ3n) is 5.14. The highest BCUT2D eigenvalue weighted by Crippen LogP contribution is 2.40. The summed E-state index contributed by atoms with van der Waals surface area (Å²) in [7, 11) is 0. The average Bonchev–Trinajstić information content (AvgIpc) is 3.48. The van der Waals surface area contributed by atoms with E-state index in [4.69, 9.17) is 9.15 Å². The smallest absolute Gasteiger partial charge is 0.415 e. The quantitative estimate of drug-likeness (QED) is 0.690. The standard InChI is InChI=1S/C20H19FN4O3/c21-15-11-17-18(22-12-15)23-19(28-17)24-7-9-25(10-8-24)20(26)27-16-5-3-14(4-6-16)13-1-2-13/h3-6,11-13H,1-2,7-10H2. The number of aromatic nitrogens is 2. The van der Waals surface area contributed by atoms with Gasteiger partial charge >= 0.3 is 6.09 Å². The first-order valence-electron chi connectivity index (χ1n) is 9.39. The van der Waals surface area contributed by atoms with Gasteiger partial charge in [0.2, 0.25) is 5.65 Å². The number of rotatable bonds is 3. The number of benzene rings is 1. The molecule has 2 aromatic heterocycles. The Balaban J connectivity index is 1.19. The van der Waals surface area contributed by atoms with Gasteiger partial charge in [-0.2, -0.15) is 4.98 Å². The van der Waals surface area contributed by atoms with Crippen LogP contribution < -0.4 is 9.64 Å². The highest BCUT2D eigenvalue weighted by Gasteiger charge is 2.26. The fourth-order valence-corrected chi connectivity index (χ4v) is 3.39. The maximum Gasteiger partial charge on any atom is 0.415 e. The van der Waals surface area contributed by atoms with Gasteiger partial charge < -0.3 is 19.0 Å². The molecule has 1 aliphatic carbocycles. The summed E-state index contributed by atoms with van der Waals surface area (Å²) in [5.41, 5.74) is 1.99. The lowest BCUT2D eigenvalue weighted by Crippen LogP contribution is -2.49. The van der Waals surface area contributed by atoms with Crippen LogP contribution in [0.25, 0.3) is 11.2 Å². The Labute approximate surface area is 160 Å². The van der Waals surface area contributed by atoms with Gasteiger partial charge in [0.25, 0.3) is 6.01 Å². The monoisotopic (exact) mass is 382 g/mol. The highest BCUT2D eigenvalue weighted by molar-refractivity contribution is 5.72. The number of anilines is 1. The van der Waals surface area contributed by atoms with E-state index >= 15 is 0 Å². The van der Waals surface area contributed by atoms with E-state index in [2.05, 4.69) is 9.97 Å². The molecule has 28 heavy (non-hydrogen) atoms. The first-order valence-corrected chi connectivity index (χ1v) is 9.39. The van der Waals surface area contributed by atoms with Crippen molar-refractivity contribution in [3.05, 3.63) is 47.9 Å². The van der Waals surface area contributed by atoms with Crippen LogP contribution in [0.3, 0.4) is 0 Å². The van der Waals surface area contributed by atoms with E-state index in [0.717, 1.165) is 6.20 Å². The normalized spacial score (nSPS) is 17.2. The second kappa shape index (κ2) is 6.78. The second-order valence-electron chi connectivity index (χ2n) is 7.16. The lowest BCUT2D eigenvalue weighted by molar-refractivity contribution is 0.148. The Kier molecular flexibility index (Phi) is 4.11. The SMILES string of the molecule is O=C(Oc1ccc(C2CC2)cc1)N1CCN(c2nc3ncc(F)cc3o2)CC1. The average molecular weight is 382 g/mol. The predicted octanol–water partition coefficient (Wildman–Crippen LogP) is 3.56. The van der Waals surface area contributed by atoms with E-state index in [1.807, 2.05) is 29.2 Å². The number of ether oxygens (including phenoxy) is 1. The Hall–Kier alpha value is -3.16. The Morgan fingerprint density at radius 3 is 2.61 bits per heavy atom. The molecule has 1 amide bonds. The van der Waals surface area contributed by atoms with E-state index < -0.39 is 5.82 Å². The van der Waals surface area contributed by atoms with Crippen LogP contribution in [0.15, 0.2) is 40.9 Å². The third-order valence-corrected chi connectivity index (χ3v) is 5.14. The molecular weight excluding hydrogens is 363 g/mol. The summed E-state index contributed by atoms with van der Waals surface area (Å²) in [6, 6.07) is 9.42. The zero-order valence-corrected chi connectivity index (χ0v) is 15.2. The molecule has 0 N–H and O–H groups in total. The molecule has 1 saturated carbocycles. The van der Waals surface area contributed by atoms with Crippen LogP contribution >= 0.6 is 0 Å². The van der Waals surface area contributed by atoms with Crippen molar-refractivity contribution < 1.29 is 18.3 Å². The summed E-state index contributed by atoms with van der Waals surface area (Å²) in [6.45, 7) is 2.06. The number of fused-ring (bicyclic) bond motifs is 1. The van der Waals surface area contributed by atoms with Crippen LogP contribution in [-0.2, 0) is 0 Å². The van der Waals surface area contributed by atoms with Crippen LogP contribution in [0.5, 0.6) is 5.75 Å². The van der Waals surface area contributed by atoms with Crippen LogP contribution in [0.4, 0.5) is 15.2 Å². The summed E-state index contributed by atoms with van der Waals surface area (Å²) >= 11 is 0. The molecular formula is C20H19FN4O3. The molecule has 0 unspecified atom stereocenters. The highest BCUT2D eigenvalue weighted by atomic mass is 19.1. The summed E-state index contributed by atoms with van der Waals surface area (Å²) in [5, 5.41) is 0. The maximum atomic E-state index is 13.2. The molecule has 1 aliphatic heterocycles. The van der Waals surface area contributed by atoms with Gasteiger partial charge in [-0.25, -0.2) is 14.2 Å². The summed E-state index contributed by atoms with van der Waals surface area (Å²) in [4.78, 5) is 24.2. The van der Waals surface area contributed by atoms with Crippen molar-refractivity contribution in [1.29, 1.82) is 0 Å². The zero-order chi connectivity index (χ0) is 19.1. The fourth-order valence-electron chi connectivity index (χ4n) is 3.39. The van der Waals surface area contributed by atoms with Crippen molar-refractivity contribution in [2.75, 3.05) is 31.1 Å². The molecule has 0 atom stereocenters. The number of carbonyl (C=O) groups is 1. The number of carbonyl (C=O) groups excluding carboxylic acids is 1. The minimum absolute atomic E-state index is 0.312. The molecule has 5 rings (SSSR count). The van der Waals surface area contributed by atoms with Gasteiger partial charge in [-0.1, -0.05) is 12.1 Å². The molecule has 2 aliphatic rings. The molecule has 3 heterocycles. The number of halogens is 1. The molecule has 8 heteroatoms. The van der Waals surface area contributed by atoms with Crippen molar-refractivity contribution in [3.8, 4) is 5.75 Å². The molecule has 3 aromatic rings.